The zero-order valence-corrected chi connectivity index (χ0v) is 16.9. The number of anilines is 1. The Kier molecular flexibility index (Phi) is 5.99. The van der Waals surface area contributed by atoms with Crippen molar-refractivity contribution in [3.05, 3.63) is 78.0 Å². The maximum absolute atomic E-state index is 13.2. The van der Waals surface area contributed by atoms with Gasteiger partial charge in [0.25, 0.3) is 0 Å². The van der Waals surface area contributed by atoms with E-state index in [0.29, 0.717) is 18.5 Å². The zero-order valence-electron chi connectivity index (χ0n) is 16.1. The Morgan fingerprint density at radius 3 is 2.77 bits per heavy atom. The smallest absolute Gasteiger partial charge is 0.247 e. The number of hydrogen-bond acceptors (Lipinski definition) is 5. The van der Waals surface area contributed by atoms with Gasteiger partial charge in [0.15, 0.2) is 0 Å². The third-order valence-corrected chi connectivity index (χ3v) is 6.01. The number of aromatic nitrogens is 1. The van der Waals surface area contributed by atoms with Gasteiger partial charge < -0.3 is 15.7 Å². The Bertz CT molecular complexity index is 1090. The second-order valence-corrected chi connectivity index (χ2v) is 8.17. The molecule has 0 bridgehead atoms. The van der Waals surface area contributed by atoms with Gasteiger partial charge in [0.1, 0.15) is 11.8 Å². The van der Waals surface area contributed by atoms with E-state index in [1.165, 1.54) is 11.8 Å². The van der Waals surface area contributed by atoms with E-state index in [1.807, 2.05) is 35.7 Å². The van der Waals surface area contributed by atoms with Gasteiger partial charge in [-0.15, -0.1) is 11.8 Å². The first kappa shape index (κ1) is 20.0. The molecule has 0 aliphatic carbocycles. The van der Waals surface area contributed by atoms with E-state index in [1.54, 1.807) is 36.7 Å². The lowest BCUT2D eigenvalue weighted by molar-refractivity contribution is -0.126. The van der Waals surface area contributed by atoms with Crippen molar-refractivity contribution < 1.29 is 14.7 Å². The summed E-state index contributed by atoms with van der Waals surface area (Å²) in [5.74, 6) is -0.302. The van der Waals surface area contributed by atoms with Crippen LogP contribution in [-0.4, -0.2) is 33.2 Å². The Balaban J connectivity index is 1.55. The summed E-state index contributed by atoms with van der Waals surface area (Å²) in [5, 5.41) is 18.9. The van der Waals surface area contributed by atoms with E-state index in [4.69, 9.17) is 0 Å². The first-order chi connectivity index (χ1) is 14.6. The highest BCUT2D eigenvalue weighted by molar-refractivity contribution is 8.03. The predicted octanol–water partition coefficient (Wildman–Crippen LogP) is 3.63. The number of phenolic OH excluding ortho intramolecular Hbond substituents is 1. The summed E-state index contributed by atoms with van der Waals surface area (Å²) >= 11 is 1.45. The second kappa shape index (κ2) is 9.00. The van der Waals surface area contributed by atoms with Gasteiger partial charge in [-0.25, -0.2) is 0 Å². The highest BCUT2D eigenvalue weighted by Crippen LogP contribution is 2.25. The highest BCUT2D eigenvalue weighted by Gasteiger charge is 2.27. The average Bonchev–Trinajstić information content (AvgIpc) is 3.30. The van der Waals surface area contributed by atoms with Gasteiger partial charge in [0.05, 0.1) is 5.25 Å². The Hall–Kier alpha value is -3.32. The van der Waals surface area contributed by atoms with Crippen LogP contribution in [0.25, 0.3) is 10.8 Å². The summed E-state index contributed by atoms with van der Waals surface area (Å²) in [7, 11) is 0. The zero-order chi connectivity index (χ0) is 20.9. The molecule has 1 aliphatic rings. The van der Waals surface area contributed by atoms with Crippen LogP contribution in [0.2, 0.25) is 0 Å². The number of fused-ring (bicyclic) bond motifs is 1. The third-order valence-electron chi connectivity index (χ3n) is 4.93. The summed E-state index contributed by atoms with van der Waals surface area (Å²) < 4.78 is 0. The van der Waals surface area contributed by atoms with Crippen molar-refractivity contribution in [3.8, 4) is 5.75 Å². The minimum atomic E-state index is -0.750. The van der Waals surface area contributed by atoms with E-state index >= 15 is 0 Å². The van der Waals surface area contributed by atoms with Crippen molar-refractivity contribution >= 4 is 40.0 Å². The number of allylic oxidation sites excluding steroid dienone is 1. The van der Waals surface area contributed by atoms with Crippen molar-refractivity contribution in [2.24, 2.45) is 0 Å². The molecule has 1 aliphatic heterocycles. The molecular formula is C23H21N3O3S. The molecule has 0 fully saturated rings. The molecular weight excluding hydrogens is 398 g/mol. The van der Waals surface area contributed by atoms with Crippen LogP contribution in [0.4, 0.5) is 5.69 Å². The van der Waals surface area contributed by atoms with Crippen LogP contribution in [0.1, 0.15) is 12.0 Å². The summed E-state index contributed by atoms with van der Waals surface area (Å²) in [5.41, 5.74) is 1.51. The molecule has 2 unspecified atom stereocenters. The second-order valence-electron chi connectivity index (χ2n) is 7.06. The molecule has 2 amide bonds. The van der Waals surface area contributed by atoms with E-state index < -0.39 is 6.04 Å². The molecule has 2 atom stereocenters. The van der Waals surface area contributed by atoms with Gasteiger partial charge in [0, 0.05) is 35.3 Å². The van der Waals surface area contributed by atoms with Crippen molar-refractivity contribution in [2.45, 2.75) is 24.1 Å². The molecule has 0 saturated heterocycles. The lowest BCUT2D eigenvalue weighted by Crippen LogP contribution is -2.47. The number of rotatable bonds is 6. The highest BCUT2D eigenvalue weighted by atomic mass is 32.2. The fraction of sp³-hybridized carbons (Fsp3) is 0.174. The van der Waals surface area contributed by atoms with Crippen LogP contribution < -0.4 is 10.6 Å². The SMILES string of the molecule is O=C(Nc1cccc2cnccc12)C(Cc1ccc(O)cc1)NC(=O)C1CC=CS1. The third kappa shape index (κ3) is 4.63. The lowest BCUT2D eigenvalue weighted by Gasteiger charge is -2.21. The largest absolute Gasteiger partial charge is 0.508 e. The minimum absolute atomic E-state index is 0.154. The van der Waals surface area contributed by atoms with Crippen molar-refractivity contribution in [1.29, 1.82) is 0 Å². The molecule has 3 aromatic rings. The Labute approximate surface area is 178 Å². The molecule has 1 aromatic heterocycles. The van der Waals surface area contributed by atoms with Gasteiger partial charge >= 0.3 is 0 Å². The van der Waals surface area contributed by atoms with Gasteiger partial charge in [-0.3, -0.25) is 14.6 Å². The summed E-state index contributed by atoms with van der Waals surface area (Å²) in [4.78, 5) is 30.0. The number of phenols is 1. The fourth-order valence-corrected chi connectivity index (χ4v) is 4.17. The molecule has 2 aromatic carbocycles. The van der Waals surface area contributed by atoms with E-state index in [2.05, 4.69) is 15.6 Å². The quantitative estimate of drug-likeness (QED) is 0.568. The van der Waals surface area contributed by atoms with Gasteiger partial charge in [-0.2, -0.15) is 0 Å². The van der Waals surface area contributed by atoms with Gasteiger partial charge in [0.2, 0.25) is 11.8 Å². The molecule has 0 saturated carbocycles. The number of amides is 2. The van der Waals surface area contributed by atoms with Crippen molar-refractivity contribution in [1.82, 2.24) is 10.3 Å². The normalized spacial score (nSPS) is 16.3. The summed E-state index contributed by atoms with van der Waals surface area (Å²) in [6.45, 7) is 0. The fourth-order valence-electron chi connectivity index (χ4n) is 3.35. The van der Waals surface area contributed by atoms with Crippen LogP contribution in [-0.2, 0) is 16.0 Å². The van der Waals surface area contributed by atoms with Crippen LogP contribution in [0.3, 0.4) is 0 Å². The average molecular weight is 420 g/mol. The van der Waals surface area contributed by atoms with Crippen LogP contribution in [0, 0.1) is 0 Å². The number of thioether (sulfide) groups is 1. The van der Waals surface area contributed by atoms with Gasteiger partial charge in [-0.05, 0) is 41.7 Å². The lowest BCUT2D eigenvalue weighted by atomic mass is 10.0. The van der Waals surface area contributed by atoms with Crippen LogP contribution >= 0.6 is 11.8 Å². The number of carbonyl (C=O) groups excluding carboxylic acids is 2. The summed E-state index contributed by atoms with van der Waals surface area (Å²) in [6, 6.07) is 13.3. The Morgan fingerprint density at radius 1 is 1.17 bits per heavy atom. The molecule has 30 heavy (non-hydrogen) atoms. The molecule has 2 heterocycles. The number of pyridine rings is 1. The minimum Gasteiger partial charge on any atom is -0.508 e. The molecule has 4 rings (SSSR count). The molecule has 0 spiro atoms. The van der Waals surface area contributed by atoms with E-state index in [0.717, 1.165) is 16.3 Å². The van der Waals surface area contributed by atoms with E-state index in [-0.39, 0.29) is 22.8 Å². The Morgan fingerprint density at radius 2 is 2.00 bits per heavy atom. The van der Waals surface area contributed by atoms with Crippen LogP contribution in [0.15, 0.2) is 72.4 Å². The standard InChI is InChI=1S/C23H21N3O3S/c27-17-8-6-15(7-9-17)13-20(26-23(29)21-5-2-12-30-21)22(28)25-19-4-1-3-16-14-24-11-10-18(16)19/h1-4,6-12,14,20-21,27H,5,13H2,(H,25,28)(H,26,29). The number of hydrogen-bond donors (Lipinski definition) is 3. The summed E-state index contributed by atoms with van der Waals surface area (Å²) in [6.07, 6.45) is 6.34. The van der Waals surface area contributed by atoms with Crippen LogP contribution in [0.5, 0.6) is 5.75 Å². The predicted molar refractivity (Wildman–Crippen MR) is 119 cm³/mol. The molecule has 0 radical (unpaired) electrons. The first-order valence-corrected chi connectivity index (χ1v) is 10.6. The maximum atomic E-state index is 13.2. The van der Waals surface area contributed by atoms with Gasteiger partial charge in [-0.1, -0.05) is 30.3 Å². The number of benzene rings is 2. The molecule has 6 nitrogen and oxygen atoms in total. The molecule has 152 valence electrons. The monoisotopic (exact) mass is 419 g/mol. The van der Waals surface area contributed by atoms with E-state index in [9.17, 15) is 14.7 Å². The molecule has 7 heteroatoms. The van der Waals surface area contributed by atoms with Crippen molar-refractivity contribution in [2.75, 3.05) is 5.32 Å². The number of nitrogens with one attached hydrogen (secondary N) is 2. The number of carbonyl (C=O) groups is 2. The maximum Gasteiger partial charge on any atom is 0.247 e. The first-order valence-electron chi connectivity index (χ1n) is 9.62. The topological polar surface area (TPSA) is 91.3 Å². The number of aromatic hydroxyl groups is 1. The number of nitrogens with zero attached hydrogens (tertiary/aromatic N) is 1. The van der Waals surface area contributed by atoms with Crippen molar-refractivity contribution in [3.63, 3.8) is 0 Å². The molecule has 3 N–H and O–H groups in total.